The number of nitrogens with one attached hydrogen (secondary N) is 2. The molecule has 3 rings (SSSR count). The van der Waals surface area contributed by atoms with Crippen molar-refractivity contribution < 1.29 is 4.74 Å². The Bertz CT molecular complexity index is 651. The summed E-state index contributed by atoms with van der Waals surface area (Å²) in [6.07, 6.45) is 6.88. The summed E-state index contributed by atoms with van der Waals surface area (Å²) in [6.45, 7) is 1.41. The van der Waals surface area contributed by atoms with Crippen molar-refractivity contribution in [2.75, 3.05) is 7.05 Å². The van der Waals surface area contributed by atoms with Gasteiger partial charge in [0.05, 0.1) is 6.54 Å². The van der Waals surface area contributed by atoms with Gasteiger partial charge in [0.2, 0.25) is 5.88 Å². The first-order valence-corrected chi connectivity index (χ1v) is 9.30. The number of hydrogen-bond acceptors (Lipinski definition) is 4. The molecule has 24 heavy (non-hydrogen) atoms. The summed E-state index contributed by atoms with van der Waals surface area (Å²) in [4.78, 5) is 9.97. The van der Waals surface area contributed by atoms with Crippen LogP contribution in [-0.2, 0) is 13.1 Å². The third-order valence-corrected chi connectivity index (χ3v) is 4.99. The molecular weight excluding hydrogens is 320 g/mol. The molecule has 0 amide bonds. The minimum atomic E-state index is 0.315. The number of guanidine groups is 1. The molecule has 2 aromatic heterocycles. The highest BCUT2D eigenvalue weighted by Gasteiger charge is 2.18. The molecule has 1 saturated carbocycles. The lowest BCUT2D eigenvalue weighted by molar-refractivity contribution is 0.199. The minimum Gasteiger partial charge on any atom is -0.474 e. The summed E-state index contributed by atoms with van der Waals surface area (Å²) in [7, 11) is 1.78. The maximum atomic E-state index is 6.08. The van der Waals surface area contributed by atoms with Crippen LogP contribution in [0.1, 0.15) is 36.1 Å². The topological polar surface area (TPSA) is 58.5 Å². The normalized spacial score (nSPS) is 15.5. The highest BCUT2D eigenvalue weighted by molar-refractivity contribution is 7.09. The lowest BCUT2D eigenvalue weighted by Crippen LogP contribution is -2.36. The maximum absolute atomic E-state index is 6.08. The second-order valence-electron chi connectivity index (χ2n) is 5.85. The van der Waals surface area contributed by atoms with Crippen LogP contribution in [-0.4, -0.2) is 24.1 Å². The molecular formula is C18H24N4OS. The van der Waals surface area contributed by atoms with Gasteiger partial charge < -0.3 is 15.4 Å². The summed E-state index contributed by atoms with van der Waals surface area (Å²) in [6, 6.07) is 8.16. The van der Waals surface area contributed by atoms with E-state index in [1.807, 2.05) is 6.07 Å². The van der Waals surface area contributed by atoms with Gasteiger partial charge in [0.15, 0.2) is 5.96 Å². The first-order valence-electron chi connectivity index (χ1n) is 8.42. The standard InChI is InChI=1S/C18H24N4OS/c1-19-18(22-13-16-9-5-11-24-16)21-12-14-6-4-10-20-17(14)23-15-7-2-3-8-15/h4-6,9-11,15H,2-3,7-8,12-13H2,1H3,(H2,19,21,22). The number of aliphatic imine (C=N–C) groups is 1. The summed E-state index contributed by atoms with van der Waals surface area (Å²) >= 11 is 1.73. The molecule has 5 nitrogen and oxygen atoms in total. The van der Waals surface area contributed by atoms with E-state index in [1.165, 1.54) is 17.7 Å². The van der Waals surface area contributed by atoms with E-state index >= 15 is 0 Å². The number of aromatic nitrogens is 1. The molecule has 2 N–H and O–H groups in total. The zero-order valence-electron chi connectivity index (χ0n) is 14.0. The van der Waals surface area contributed by atoms with Gasteiger partial charge in [-0.2, -0.15) is 0 Å². The van der Waals surface area contributed by atoms with Crippen LogP contribution in [0.4, 0.5) is 0 Å². The van der Waals surface area contributed by atoms with Crippen LogP contribution in [0, 0.1) is 0 Å². The van der Waals surface area contributed by atoms with Crippen LogP contribution in [0.25, 0.3) is 0 Å². The zero-order chi connectivity index (χ0) is 16.6. The predicted octanol–water partition coefficient (Wildman–Crippen LogP) is 3.33. The predicted molar refractivity (Wildman–Crippen MR) is 98.5 cm³/mol. The van der Waals surface area contributed by atoms with Gasteiger partial charge >= 0.3 is 0 Å². The number of nitrogens with zero attached hydrogens (tertiary/aromatic N) is 2. The highest BCUT2D eigenvalue weighted by Crippen LogP contribution is 2.24. The molecule has 128 valence electrons. The summed E-state index contributed by atoms with van der Waals surface area (Å²) in [5.74, 6) is 1.52. The maximum Gasteiger partial charge on any atom is 0.218 e. The Hall–Kier alpha value is -2.08. The van der Waals surface area contributed by atoms with Gasteiger partial charge in [-0.05, 0) is 43.2 Å². The van der Waals surface area contributed by atoms with Crippen molar-refractivity contribution in [3.05, 3.63) is 46.3 Å². The molecule has 2 heterocycles. The van der Waals surface area contributed by atoms with E-state index in [4.69, 9.17) is 4.74 Å². The number of hydrogen-bond donors (Lipinski definition) is 2. The van der Waals surface area contributed by atoms with E-state index in [0.717, 1.165) is 36.8 Å². The molecule has 0 spiro atoms. The molecule has 0 atom stereocenters. The Labute approximate surface area is 147 Å². The van der Waals surface area contributed by atoms with E-state index in [-0.39, 0.29) is 0 Å². The molecule has 6 heteroatoms. The van der Waals surface area contributed by atoms with Crippen LogP contribution in [0.3, 0.4) is 0 Å². The van der Waals surface area contributed by atoms with Gasteiger partial charge in [0.1, 0.15) is 6.10 Å². The molecule has 0 bridgehead atoms. The lowest BCUT2D eigenvalue weighted by Gasteiger charge is -2.16. The molecule has 1 fully saturated rings. The highest BCUT2D eigenvalue weighted by atomic mass is 32.1. The smallest absolute Gasteiger partial charge is 0.218 e. The van der Waals surface area contributed by atoms with Crippen LogP contribution < -0.4 is 15.4 Å². The number of ether oxygens (including phenoxy) is 1. The average molecular weight is 344 g/mol. The molecule has 1 aliphatic rings. The third kappa shape index (κ3) is 4.71. The van der Waals surface area contributed by atoms with Gasteiger partial charge in [-0.3, -0.25) is 4.99 Å². The summed E-state index contributed by atoms with van der Waals surface area (Å²) < 4.78 is 6.08. The summed E-state index contributed by atoms with van der Waals surface area (Å²) in [5, 5.41) is 8.74. The Morgan fingerprint density at radius 2 is 2.08 bits per heavy atom. The van der Waals surface area contributed by atoms with Gasteiger partial charge in [-0.15, -0.1) is 11.3 Å². The Morgan fingerprint density at radius 3 is 2.83 bits per heavy atom. The molecule has 1 aliphatic carbocycles. The van der Waals surface area contributed by atoms with E-state index in [1.54, 1.807) is 24.6 Å². The Kier molecular flexibility index (Phi) is 6.07. The van der Waals surface area contributed by atoms with E-state index in [2.05, 4.69) is 44.2 Å². The van der Waals surface area contributed by atoms with E-state index < -0.39 is 0 Å². The molecule has 2 aromatic rings. The van der Waals surface area contributed by atoms with Crippen LogP contribution in [0.2, 0.25) is 0 Å². The van der Waals surface area contributed by atoms with Gasteiger partial charge in [0, 0.05) is 30.2 Å². The fourth-order valence-electron chi connectivity index (χ4n) is 2.81. The van der Waals surface area contributed by atoms with Crippen molar-refractivity contribution in [2.24, 2.45) is 4.99 Å². The minimum absolute atomic E-state index is 0.315. The van der Waals surface area contributed by atoms with Crippen molar-refractivity contribution >= 4 is 17.3 Å². The van der Waals surface area contributed by atoms with Crippen LogP contribution in [0.15, 0.2) is 40.8 Å². The fraction of sp³-hybridized carbons (Fsp3) is 0.444. The monoisotopic (exact) mass is 344 g/mol. The lowest BCUT2D eigenvalue weighted by atomic mass is 10.2. The van der Waals surface area contributed by atoms with Gasteiger partial charge in [-0.25, -0.2) is 4.98 Å². The largest absolute Gasteiger partial charge is 0.474 e. The third-order valence-electron chi connectivity index (χ3n) is 4.11. The molecule has 0 radical (unpaired) electrons. The van der Waals surface area contributed by atoms with Crippen molar-refractivity contribution in [2.45, 2.75) is 44.9 Å². The molecule has 0 aromatic carbocycles. The second kappa shape index (κ2) is 8.68. The molecule has 0 aliphatic heterocycles. The first kappa shape index (κ1) is 16.8. The van der Waals surface area contributed by atoms with E-state index in [9.17, 15) is 0 Å². The molecule has 0 unspecified atom stereocenters. The van der Waals surface area contributed by atoms with Gasteiger partial charge in [0.25, 0.3) is 0 Å². The molecule has 0 saturated heterocycles. The average Bonchev–Trinajstić information content (AvgIpc) is 3.30. The van der Waals surface area contributed by atoms with Gasteiger partial charge in [-0.1, -0.05) is 12.1 Å². The number of rotatable bonds is 6. The Balaban J connectivity index is 1.54. The van der Waals surface area contributed by atoms with Crippen molar-refractivity contribution in [3.8, 4) is 5.88 Å². The van der Waals surface area contributed by atoms with Crippen LogP contribution in [0.5, 0.6) is 5.88 Å². The SMILES string of the molecule is CN=C(NCc1cccs1)NCc1cccnc1OC1CCCC1. The quantitative estimate of drug-likeness (QED) is 0.623. The number of pyridine rings is 1. The summed E-state index contributed by atoms with van der Waals surface area (Å²) in [5.41, 5.74) is 1.06. The van der Waals surface area contributed by atoms with E-state index in [0.29, 0.717) is 12.6 Å². The number of thiophene rings is 1. The fourth-order valence-corrected chi connectivity index (χ4v) is 3.46. The van der Waals surface area contributed by atoms with Crippen LogP contribution >= 0.6 is 11.3 Å². The zero-order valence-corrected chi connectivity index (χ0v) is 14.8. The Morgan fingerprint density at radius 1 is 1.25 bits per heavy atom. The first-order chi connectivity index (χ1) is 11.8. The second-order valence-corrected chi connectivity index (χ2v) is 6.88. The van der Waals surface area contributed by atoms with Crippen molar-refractivity contribution in [1.82, 2.24) is 15.6 Å². The van der Waals surface area contributed by atoms with Crippen molar-refractivity contribution in [3.63, 3.8) is 0 Å². The van der Waals surface area contributed by atoms with Crippen molar-refractivity contribution in [1.29, 1.82) is 0 Å².